The average Bonchev–Trinajstić information content (AvgIpc) is 3.84. The van der Waals surface area contributed by atoms with E-state index in [1.54, 1.807) is 32.4 Å². The van der Waals surface area contributed by atoms with E-state index in [1.165, 1.54) is 49.7 Å². The van der Waals surface area contributed by atoms with Gasteiger partial charge in [0.15, 0.2) is 29.4 Å². The average molecular weight is 608 g/mol. The Bertz CT molecular complexity index is 1660. The van der Waals surface area contributed by atoms with Crippen LogP contribution < -0.4 is 24.8 Å². The van der Waals surface area contributed by atoms with Gasteiger partial charge in [0.2, 0.25) is 11.8 Å². The highest BCUT2D eigenvalue weighted by Crippen LogP contribution is 2.47. The van der Waals surface area contributed by atoms with E-state index in [4.69, 9.17) is 23.7 Å². The zero-order valence-electron chi connectivity index (χ0n) is 24.3. The SMILES string of the molecule is COc1cc2c(Oc3ccc(NC(=O)C4(C(=O)Nc5ccc(F)cc5)CC4)cc3F)ccnc2cc1OCCC(OC)OC. The first-order valence-electron chi connectivity index (χ1n) is 13.8. The van der Waals surface area contributed by atoms with Crippen LogP contribution in [0.5, 0.6) is 23.0 Å². The van der Waals surface area contributed by atoms with E-state index in [-0.39, 0.29) is 11.4 Å². The summed E-state index contributed by atoms with van der Waals surface area (Å²) in [4.78, 5) is 30.2. The number of hydrogen-bond acceptors (Lipinski definition) is 8. The summed E-state index contributed by atoms with van der Waals surface area (Å²) in [6.07, 6.45) is 2.28. The second-order valence-corrected chi connectivity index (χ2v) is 10.1. The lowest BCUT2D eigenvalue weighted by molar-refractivity contribution is -0.131. The van der Waals surface area contributed by atoms with Gasteiger partial charge in [-0.05, 0) is 61.4 Å². The van der Waals surface area contributed by atoms with Crippen molar-refractivity contribution in [1.29, 1.82) is 0 Å². The maximum Gasteiger partial charge on any atom is 0.240 e. The Morgan fingerprint density at radius 1 is 0.841 bits per heavy atom. The fraction of sp³-hybridized carbons (Fsp3) is 0.281. The molecular formula is C32H31F2N3O7. The number of halogens is 2. The molecule has 0 radical (unpaired) electrons. The van der Waals surface area contributed by atoms with Gasteiger partial charge in [0.25, 0.3) is 0 Å². The van der Waals surface area contributed by atoms with Crippen molar-refractivity contribution < 1.29 is 42.1 Å². The van der Waals surface area contributed by atoms with Gasteiger partial charge < -0.3 is 34.3 Å². The summed E-state index contributed by atoms with van der Waals surface area (Å²) in [6, 6.07) is 14.2. The molecule has 3 aromatic carbocycles. The number of methoxy groups -OCH3 is 3. The Morgan fingerprint density at radius 3 is 2.16 bits per heavy atom. The lowest BCUT2D eigenvalue weighted by atomic mass is 10.0. The minimum Gasteiger partial charge on any atom is -0.493 e. The van der Waals surface area contributed by atoms with E-state index in [0.29, 0.717) is 59.7 Å². The Morgan fingerprint density at radius 2 is 1.52 bits per heavy atom. The highest BCUT2D eigenvalue weighted by Gasteiger charge is 2.56. The monoisotopic (exact) mass is 607 g/mol. The first-order valence-corrected chi connectivity index (χ1v) is 13.8. The van der Waals surface area contributed by atoms with E-state index in [1.807, 2.05) is 0 Å². The van der Waals surface area contributed by atoms with Gasteiger partial charge in [-0.25, -0.2) is 8.78 Å². The zero-order valence-corrected chi connectivity index (χ0v) is 24.3. The van der Waals surface area contributed by atoms with E-state index in [9.17, 15) is 14.0 Å². The van der Waals surface area contributed by atoms with Crippen LogP contribution in [0.1, 0.15) is 19.3 Å². The van der Waals surface area contributed by atoms with Crippen LogP contribution in [0.4, 0.5) is 20.2 Å². The molecule has 1 aromatic heterocycles. The van der Waals surface area contributed by atoms with E-state index in [0.717, 1.165) is 6.07 Å². The minimum atomic E-state index is -1.28. The maximum absolute atomic E-state index is 15.2. The number of amides is 2. The molecule has 2 amide bonds. The summed E-state index contributed by atoms with van der Waals surface area (Å²) >= 11 is 0. The van der Waals surface area contributed by atoms with Crippen molar-refractivity contribution >= 4 is 34.1 Å². The number of hydrogen-bond donors (Lipinski definition) is 2. The standard InChI is InChI=1S/C32H31F2N3O7/c1-40-27-17-22-24(18-28(27)43-15-11-29(41-2)42-3)35-14-10-25(22)44-26-9-8-21(16-23(26)34)37-31(39)32(12-13-32)30(38)36-20-6-4-19(33)5-7-20/h4-10,14,16-18,29H,11-13,15H2,1-3H3,(H,36,38)(H,37,39). The van der Waals surface area contributed by atoms with Gasteiger partial charge in [-0.2, -0.15) is 0 Å². The first-order chi connectivity index (χ1) is 21.3. The van der Waals surface area contributed by atoms with Crippen LogP contribution in [-0.4, -0.2) is 51.0 Å². The number of benzene rings is 3. The predicted octanol–water partition coefficient (Wildman–Crippen LogP) is 6.06. The van der Waals surface area contributed by atoms with Crippen molar-refractivity contribution in [3.8, 4) is 23.0 Å². The van der Waals surface area contributed by atoms with Crippen LogP contribution in [0.15, 0.2) is 66.9 Å². The molecular weight excluding hydrogens is 576 g/mol. The van der Waals surface area contributed by atoms with Gasteiger partial charge in [0.05, 0.1) is 19.2 Å². The van der Waals surface area contributed by atoms with Crippen molar-refractivity contribution in [3.05, 3.63) is 78.5 Å². The molecule has 1 aliphatic carbocycles. The number of ether oxygens (including phenoxy) is 5. The molecule has 4 aromatic rings. The summed E-state index contributed by atoms with van der Waals surface area (Å²) in [5, 5.41) is 5.82. The Balaban J connectivity index is 1.27. The number of fused-ring (bicyclic) bond motifs is 1. The third kappa shape index (κ3) is 6.71. The lowest BCUT2D eigenvalue weighted by Crippen LogP contribution is -2.35. The molecule has 0 aliphatic heterocycles. The second-order valence-electron chi connectivity index (χ2n) is 10.1. The van der Waals surface area contributed by atoms with Crippen molar-refractivity contribution in [1.82, 2.24) is 4.98 Å². The van der Waals surface area contributed by atoms with Crippen molar-refractivity contribution in [2.24, 2.45) is 5.41 Å². The Hall–Kier alpha value is -4.81. The number of nitrogens with zero attached hydrogens (tertiary/aromatic N) is 1. The quantitative estimate of drug-likeness (QED) is 0.139. The zero-order chi connectivity index (χ0) is 31.3. The molecule has 1 fully saturated rings. The van der Waals surface area contributed by atoms with Gasteiger partial charge in [-0.1, -0.05) is 0 Å². The molecule has 1 saturated carbocycles. The molecule has 0 atom stereocenters. The second kappa shape index (κ2) is 13.2. The van der Waals surface area contributed by atoms with Gasteiger partial charge >= 0.3 is 0 Å². The van der Waals surface area contributed by atoms with Crippen molar-refractivity contribution in [2.45, 2.75) is 25.6 Å². The van der Waals surface area contributed by atoms with Gasteiger partial charge in [0.1, 0.15) is 17.0 Å². The highest BCUT2D eigenvalue weighted by molar-refractivity contribution is 6.16. The van der Waals surface area contributed by atoms with Gasteiger partial charge in [-0.3, -0.25) is 14.6 Å². The molecule has 10 nitrogen and oxygen atoms in total. The Kier molecular flexibility index (Phi) is 9.21. The molecule has 0 saturated heterocycles. The van der Waals surface area contributed by atoms with Crippen LogP contribution in [0.3, 0.4) is 0 Å². The topological polar surface area (TPSA) is 117 Å². The van der Waals surface area contributed by atoms with Crippen molar-refractivity contribution in [3.63, 3.8) is 0 Å². The first kappa shape index (κ1) is 30.6. The highest BCUT2D eigenvalue weighted by atomic mass is 19.1. The largest absolute Gasteiger partial charge is 0.493 e. The third-order valence-electron chi connectivity index (χ3n) is 7.25. The molecule has 5 rings (SSSR count). The molecule has 0 unspecified atom stereocenters. The number of nitrogens with one attached hydrogen (secondary N) is 2. The summed E-state index contributed by atoms with van der Waals surface area (Å²) in [7, 11) is 4.60. The van der Waals surface area contributed by atoms with Crippen LogP contribution >= 0.6 is 0 Å². The Labute approximate surface area is 252 Å². The van der Waals surface area contributed by atoms with Gasteiger partial charge in [0, 0.05) is 55.7 Å². The summed E-state index contributed by atoms with van der Waals surface area (Å²) in [5.41, 5.74) is -0.220. The minimum absolute atomic E-state index is 0.0878. The number of carbonyl (C=O) groups is 2. The number of anilines is 2. The number of carbonyl (C=O) groups excluding carboxylic acids is 2. The number of rotatable bonds is 13. The van der Waals surface area contributed by atoms with E-state index < -0.39 is 35.2 Å². The predicted molar refractivity (Wildman–Crippen MR) is 158 cm³/mol. The molecule has 0 spiro atoms. The van der Waals surface area contributed by atoms with Crippen LogP contribution in [0, 0.1) is 17.0 Å². The summed E-state index contributed by atoms with van der Waals surface area (Å²) < 4.78 is 56.0. The summed E-state index contributed by atoms with van der Waals surface area (Å²) in [5.74, 6) is -1.12. The number of pyridine rings is 1. The fourth-order valence-corrected chi connectivity index (χ4v) is 4.58. The van der Waals surface area contributed by atoms with Crippen LogP contribution in [-0.2, 0) is 19.1 Å². The van der Waals surface area contributed by atoms with Crippen molar-refractivity contribution in [2.75, 3.05) is 38.6 Å². The van der Waals surface area contributed by atoms with Crippen LogP contribution in [0.2, 0.25) is 0 Å². The molecule has 0 bridgehead atoms. The smallest absolute Gasteiger partial charge is 0.240 e. The molecule has 12 heteroatoms. The van der Waals surface area contributed by atoms with Gasteiger partial charge in [-0.15, -0.1) is 0 Å². The van der Waals surface area contributed by atoms with E-state index >= 15 is 4.39 Å². The summed E-state index contributed by atoms with van der Waals surface area (Å²) in [6.45, 7) is 0.304. The molecule has 1 heterocycles. The third-order valence-corrected chi connectivity index (χ3v) is 7.25. The molecule has 44 heavy (non-hydrogen) atoms. The maximum atomic E-state index is 15.2. The molecule has 2 N–H and O–H groups in total. The fourth-order valence-electron chi connectivity index (χ4n) is 4.58. The van der Waals surface area contributed by atoms with Crippen LogP contribution in [0.25, 0.3) is 10.9 Å². The van der Waals surface area contributed by atoms with E-state index in [2.05, 4.69) is 15.6 Å². The lowest BCUT2D eigenvalue weighted by Gasteiger charge is -2.17. The normalized spacial score (nSPS) is 13.4. The molecule has 230 valence electrons. The molecule has 1 aliphatic rings. The number of aromatic nitrogens is 1.